The third-order valence-corrected chi connectivity index (χ3v) is 6.16. The summed E-state index contributed by atoms with van der Waals surface area (Å²) in [7, 11) is 1.35. The number of thiol groups is 1. The number of benzene rings is 3. The van der Waals surface area contributed by atoms with E-state index >= 15 is 0 Å². The second-order valence-corrected chi connectivity index (χ2v) is 8.35. The van der Waals surface area contributed by atoms with Gasteiger partial charge in [-0.3, -0.25) is 4.79 Å². The zero-order chi connectivity index (χ0) is 24.8. The van der Waals surface area contributed by atoms with Crippen molar-refractivity contribution in [2.24, 2.45) is 0 Å². The Morgan fingerprint density at radius 3 is 2.26 bits per heavy atom. The van der Waals surface area contributed by atoms with Gasteiger partial charge in [0.25, 0.3) is 5.91 Å². The largest absolute Gasteiger partial charge is 0.321 e. The van der Waals surface area contributed by atoms with E-state index in [4.69, 9.17) is 4.33 Å². The molecule has 0 heterocycles. The lowest BCUT2D eigenvalue weighted by atomic mass is 9.84. The summed E-state index contributed by atoms with van der Waals surface area (Å²) >= 11 is 2.99. The van der Waals surface area contributed by atoms with Gasteiger partial charge < -0.3 is 5.32 Å². The van der Waals surface area contributed by atoms with Crippen LogP contribution < -0.4 is 5.32 Å². The normalized spacial score (nSPS) is 12.3. The molecule has 3 aromatic rings. The molecule has 1 N–H and O–H groups in total. The third-order valence-electron chi connectivity index (χ3n) is 5.50. The van der Waals surface area contributed by atoms with E-state index in [1.165, 1.54) is 18.2 Å². The quantitative estimate of drug-likeness (QED) is 0.0914. The number of carbonyl (C=O) groups is 1. The molecular weight excluding hydrogens is 473 g/mol. The molecule has 0 aromatic heterocycles. The van der Waals surface area contributed by atoms with Crippen LogP contribution >= 0.6 is 25.1 Å². The molecule has 3 aromatic carbocycles. The first-order chi connectivity index (χ1) is 16.6. The van der Waals surface area contributed by atoms with Crippen molar-refractivity contribution in [3.8, 4) is 0 Å². The molecular formula is C26H30FNO4S2. The van der Waals surface area contributed by atoms with E-state index in [0.29, 0.717) is 28.0 Å². The van der Waals surface area contributed by atoms with E-state index in [1.54, 1.807) is 6.07 Å². The minimum atomic E-state index is -0.180. The maximum atomic E-state index is 12.8. The lowest BCUT2D eigenvalue weighted by Gasteiger charge is -2.21. The first-order valence-electron chi connectivity index (χ1n) is 10.9. The van der Waals surface area contributed by atoms with Gasteiger partial charge in [-0.15, -0.1) is 4.33 Å². The summed E-state index contributed by atoms with van der Waals surface area (Å²) in [5.74, 6) is 0.737. The summed E-state index contributed by atoms with van der Waals surface area (Å²) in [5.41, 5.74) is 3.85. The first-order valence-corrected chi connectivity index (χ1v) is 12.0. The molecule has 0 aliphatic heterocycles. The lowest BCUT2D eigenvalue weighted by Crippen LogP contribution is -2.12. The molecule has 0 aliphatic rings. The average molecular weight is 504 g/mol. The van der Waals surface area contributed by atoms with Crippen LogP contribution in [-0.2, 0) is 14.3 Å². The number of rotatable bonds is 11. The minimum absolute atomic E-state index is 0.180. The highest BCUT2D eigenvalue weighted by Crippen LogP contribution is 2.32. The van der Waals surface area contributed by atoms with Crippen molar-refractivity contribution in [3.63, 3.8) is 0 Å². The number of amides is 1. The number of nitrogens with one attached hydrogen (secondary N) is 1. The van der Waals surface area contributed by atoms with Crippen LogP contribution in [0.3, 0.4) is 0 Å². The van der Waals surface area contributed by atoms with Crippen molar-refractivity contribution in [1.82, 2.24) is 0 Å². The van der Waals surface area contributed by atoms with Gasteiger partial charge in [-0.2, -0.15) is 3.89 Å². The molecule has 3 rings (SSSR count). The van der Waals surface area contributed by atoms with Crippen molar-refractivity contribution in [2.75, 3.05) is 12.4 Å². The highest BCUT2D eigenvalue weighted by molar-refractivity contribution is 7.94. The molecule has 2 atom stereocenters. The topological polar surface area (TPSA) is 56.8 Å². The third kappa shape index (κ3) is 8.45. The van der Waals surface area contributed by atoms with E-state index in [-0.39, 0.29) is 5.91 Å². The van der Waals surface area contributed by atoms with Crippen molar-refractivity contribution < 1.29 is 22.9 Å². The van der Waals surface area contributed by atoms with Gasteiger partial charge in [0.1, 0.15) is 0 Å². The number of carbonyl (C=O) groups excluding carboxylic acids is 1. The Morgan fingerprint density at radius 2 is 1.62 bits per heavy atom. The van der Waals surface area contributed by atoms with Crippen LogP contribution in [0.25, 0.3) is 0 Å². The van der Waals surface area contributed by atoms with E-state index in [1.807, 2.05) is 55.5 Å². The van der Waals surface area contributed by atoms with Gasteiger partial charge >= 0.3 is 0 Å². The number of hydrogen-bond donors (Lipinski definition) is 2. The monoisotopic (exact) mass is 503 g/mol. The van der Waals surface area contributed by atoms with E-state index in [9.17, 15) is 8.68 Å². The lowest BCUT2D eigenvalue weighted by molar-refractivity contribution is -0.447. The molecule has 8 heteroatoms. The Balaban J connectivity index is 0.00000199. The van der Waals surface area contributed by atoms with Crippen molar-refractivity contribution in [1.29, 1.82) is 0 Å². The molecule has 0 aliphatic carbocycles. The van der Waals surface area contributed by atoms with Crippen LogP contribution in [0.1, 0.15) is 60.0 Å². The SMILES string of the molecule is CCC(CC(C)c1ccc(C(=O)Nc2ccccc2SOOOC)cc1)c1ccccc1.FS. The van der Waals surface area contributed by atoms with E-state index < -0.39 is 0 Å². The summed E-state index contributed by atoms with van der Waals surface area (Å²) in [6.07, 6.45) is 2.17. The fourth-order valence-corrected chi connectivity index (χ4v) is 4.20. The Labute approximate surface area is 210 Å². The Bertz CT molecular complexity index is 990. The average Bonchev–Trinajstić information content (AvgIpc) is 2.90. The van der Waals surface area contributed by atoms with Crippen molar-refractivity contribution >= 4 is 36.7 Å². The predicted octanol–water partition coefficient (Wildman–Crippen LogP) is 7.94. The number of hydrogen-bond acceptors (Lipinski definition) is 6. The molecule has 5 nitrogen and oxygen atoms in total. The summed E-state index contributed by atoms with van der Waals surface area (Å²) in [6, 6.07) is 25.8. The van der Waals surface area contributed by atoms with Gasteiger partial charge in [0, 0.05) is 18.6 Å². The molecule has 1 amide bonds. The van der Waals surface area contributed by atoms with Gasteiger partial charge in [0.2, 0.25) is 0 Å². The number of anilines is 1. The van der Waals surface area contributed by atoms with Crippen LogP contribution in [0.4, 0.5) is 9.57 Å². The van der Waals surface area contributed by atoms with Gasteiger partial charge in [-0.25, -0.2) is 4.89 Å². The predicted molar refractivity (Wildman–Crippen MR) is 138 cm³/mol. The smallest absolute Gasteiger partial charge is 0.255 e. The maximum Gasteiger partial charge on any atom is 0.255 e. The van der Waals surface area contributed by atoms with Crippen LogP contribution in [-0.4, -0.2) is 13.0 Å². The van der Waals surface area contributed by atoms with Gasteiger partial charge in [-0.05, 0) is 60.1 Å². The highest BCUT2D eigenvalue weighted by atomic mass is 32.2. The zero-order valence-corrected chi connectivity index (χ0v) is 21.2. The van der Waals surface area contributed by atoms with Crippen LogP contribution in [0.5, 0.6) is 0 Å². The molecule has 0 bridgehead atoms. The zero-order valence-electron chi connectivity index (χ0n) is 19.4. The highest BCUT2D eigenvalue weighted by Gasteiger charge is 2.16. The second kappa shape index (κ2) is 15.5. The van der Waals surface area contributed by atoms with Crippen molar-refractivity contribution in [3.05, 3.63) is 95.6 Å². The summed E-state index contributed by atoms with van der Waals surface area (Å²) in [6.45, 7) is 4.48. The van der Waals surface area contributed by atoms with Gasteiger partial charge in [-0.1, -0.05) is 73.5 Å². The Kier molecular flexibility index (Phi) is 12.7. The van der Waals surface area contributed by atoms with Crippen LogP contribution in [0.15, 0.2) is 83.8 Å². The molecule has 182 valence electrons. The standard InChI is InChI=1S/C26H29NO4S.FHS/c1-4-20(22-10-6-5-7-11-22)18-19(2)21-14-16-23(17-15-21)26(28)27-24-12-8-9-13-25(24)32-31-30-29-3;1-2/h5-17,19-20H,4,18H2,1-3H3,(H,27,28);2H. The second-order valence-electron chi connectivity index (χ2n) is 7.61. The Morgan fingerprint density at radius 1 is 0.971 bits per heavy atom. The van der Waals surface area contributed by atoms with Gasteiger partial charge in [0.05, 0.1) is 29.7 Å². The number of para-hydroxylation sites is 1. The molecule has 0 saturated heterocycles. The van der Waals surface area contributed by atoms with E-state index in [2.05, 4.69) is 59.4 Å². The molecule has 0 spiro atoms. The molecule has 2 unspecified atom stereocenters. The minimum Gasteiger partial charge on any atom is -0.321 e. The van der Waals surface area contributed by atoms with Gasteiger partial charge in [0.15, 0.2) is 0 Å². The molecule has 34 heavy (non-hydrogen) atoms. The van der Waals surface area contributed by atoms with E-state index in [0.717, 1.165) is 24.9 Å². The molecule has 0 saturated carbocycles. The number of halogens is 1. The molecule has 0 fully saturated rings. The fraction of sp³-hybridized carbons (Fsp3) is 0.269. The van der Waals surface area contributed by atoms with Crippen molar-refractivity contribution in [2.45, 2.75) is 43.4 Å². The maximum absolute atomic E-state index is 12.8. The first kappa shape index (κ1) is 27.9. The molecule has 0 radical (unpaired) electrons. The fourth-order valence-electron chi connectivity index (χ4n) is 3.70. The van der Waals surface area contributed by atoms with Crippen LogP contribution in [0, 0.1) is 0 Å². The Hall–Kier alpha value is -2.36. The van der Waals surface area contributed by atoms with Crippen LogP contribution in [0.2, 0.25) is 0 Å². The summed E-state index contributed by atoms with van der Waals surface area (Å²) in [4.78, 5) is 17.9. The summed E-state index contributed by atoms with van der Waals surface area (Å²) in [5, 5.41) is 7.36. The summed E-state index contributed by atoms with van der Waals surface area (Å²) < 4.78 is 14.0.